The summed E-state index contributed by atoms with van der Waals surface area (Å²) in [7, 11) is -7.30. The Morgan fingerprint density at radius 1 is 1.00 bits per heavy atom. The minimum Gasteiger partial charge on any atom is -0.354 e. The van der Waals surface area contributed by atoms with E-state index in [1.54, 1.807) is 6.07 Å². The second-order valence-corrected chi connectivity index (χ2v) is 11.8. The molecule has 0 spiro atoms. The zero-order valence-corrected chi connectivity index (χ0v) is 20.7. The number of hydrogen-bond donors (Lipinski definition) is 1. The Kier molecular flexibility index (Phi) is 7.88. The van der Waals surface area contributed by atoms with Crippen LogP contribution >= 0.6 is 0 Å². The van der Waals surface area contributed by atoms with Gasteiger partial charge in [-0.05, 0) is 44.5 Å². The maximum Gasteiger partial charge on any atom is 0.243 e. The molecule has 0 radical (unpaired) electrons. The minimum absolute atomic E-state index is 0.101. The molecule has 1 aromatic carbocycles. The van der Waals surface area contributed by atoms with E-state index in [0.717, 1.165) is 12.8 Å². The lowest BCUT2D eigenvalue weighted by molar-refractivity contribution is 0.101. The molecule has 1 atom stereocenters. The van der Waals surface area contributed by atoms with Gasteiger partial charge in [-0.3, -0.25) is 4.79 Å². The Morgan fingerprint density at radius 2 is 1.61 bits per heavy atom. The van der Waals surface area contributed by atoms with Crippen molar-refractivity contribution in [2.24, 2.45) is 0 Å². The van der Waals surface area contributed by atoms with Crippen molar-refractivity contribution in [1.82, 2.24) is 14.0 Å². The number of piperazine rings is 1. The van der Waals surface area contributed by atoms with E-state index >= 15 is 0 Å². The zero-order chi connectivity index (χ0) is 24.2. The summed E-state index contributed by atoms with van der Waals surface area (Å²) >= 11 is 0. The number of Topliss-reactive ketones (excluding diaryl/α,β-unsaturated/α-hetero) is 1. The summed E-state index contributed by atoms with van der Waals surface area (Å²) < 4.78 is 54.9. The molecule has 1 aliphatic heterocycles. The molecule has 3 rings (SSSR count). The van der Waals surface area contributed by atoms with Crippen LogP contribution in [0.4, 0.5) is 5.82 Å². The number of nitrogens with one attached hydrogen (secondary N) is 1. The number of anilines is 1. The third kappa shape index (κ3) is 5.97. The zero-order valence-electron chi connectivity index (χ0n) is 19.1. The fraction of sp³-hybridized carbons (Fsp3) is 0.455. The van der Waals surface area contributed by atoms with Crippen molar-refractivity contribution in [3.63, 3.8) is 0 Å². The largest absolute Gasteiger partial charge is 0.354 e. The number of rotatable bonds is 9. The first kappa shape index (κ1) is 25.3. The van der Waals surface area contributed by atoms with E-state index in [1.165, 1.54) is 47.8 Å². The first-order valence-electron chi connectivity index (χ1n) is 10.9. The fourth-order valence-electron chi connectivity index (χ4n) is 3.71. The number of sulfonamides is 2. The quantitative estimate of drug-likeness (QED) is 0.532. The number of aromatic nitrogens is 1. The van der Waals surface area contributed by atoms with Gasteiger partial charge in [-0.1, -0.05) is 25.5 Å². The van der Waals surface area contributed by atoms with Gasteiger partial charge in [-0.2, -0.15) is 4.31 Å². The molecule has 11 heteroatoms. The molecule has 0 amide bonds. The maximum absolute atomic E-state index is 12.9. The van der Waals surface area contributed by atoms with E-state index in [0.29, 0.717) is 24.5 Å². The number of ketones is 1. The van der Waals surface area contributed by atoms with E-state index in [2.05, 4.69) is 9.71 Å². The van der Waals surface area contributed by atoms with Gasteiger partial charge < -0.3 is 4.90 Å². The van der Waals surface area contributed by atoms with Crippen LogP contribution in [0.1, 0.15) is 44.0 Å². The lowest BCUT2D eigenvalue weighted by Crippen LogP contribution is -2.48. The van der Waals surface area contributed by atoms with Gasteiger partial charge >= 0.3 is 0 Å². The molecule has 1 aromatic heterocycles. The first-order valence-corrected chi connectivity index (χ1v) is 13.8. The molecule has 2 aromatic rings. The molecule has 1 aliphatic rings. The summed E-state index contributed by atoms with van der Waals surface area (Å²) in [4.78, 5) is 17.9. The highest BCUT2D eigenvalue weighted by Crippen LogP contribution is 2.21. The van der Waals surface area contributed by atoms with Crippen LogP contribution in [-0.2, 0) is 20.0 Å². The molecule has 0 aliphatic carbocycles. The summed E-state index contributed by atoms with van der Waals surface area (Å²) in [6, 6.07) is 8.94. The van der Waals surface area contributed by atoms with E-state index in [9.17, 15) is 21.6 Å². The third-order valence-corrected chi connectivity index (χ3v) is 9.06. The van der Waals surface area contributed by atoms with Crippen molar-refractivity contribution in [1.29, 1.82) is 0 Å². The highest BCUT2D eigenvalue weighted by molar-refractivity contribution is 7.89. The highest BCUT2D eigenvalue weighted by Gasteiger charge is 2.29. The molecule has 1 N–H and O–H groups in total. The molecule has 0 bridgehead atoms. The van der Waals surface area contributed by atoms with Crippen LogP contribution < -0.4 is 9.62 Å². The van der Waals surface area contributed by atoms with E-state index < -0.39 is 20.0 Å². The molecule has 1 unspecified atom stereocenters. The monoisotopic (exact) mass is 494 g/mol. The molecular weight excluding hydrogens is 464 g/mol. The van der Waals surface area contributed by atoms with Crippen molar-refractivity contribution in [3.05, 3.63) is 48.2 Å². The van der Waals surface area contributed by atoms with Crippen LogP contribution in [-0.4, -0.2) is 64.1 Å². The van der Waals surface area contributed by atoms with E-state index in [-0.39, 0.29) is 34.7 Å². The van der Waals surface area contributed by atoms with Gasteiger partial charge in [0, 0.05) is 44.0 Å². The van der Waals surface area contributed by atoms with Crippen LogP contribution in [0, 0.1) is 0 Å². The topological polar surface area (TPSA) is 117 Å². The Balaban J connectivity index is 1.64. The van der Waals surface area contributed by atoms with Gasteiger partial charge in [0.05, 0.1) is 4.90 Å². The third-order valence-electron chi connectivity index (χ3n) is 5.57. The Labute approximate surface area is 195 Å². The van der Waals surface area contributed by atoms with Crippen molar-refractivity contribution in [2.45, 2.75) is 49.4 Å². The normalized spacial score (nSPS) is 16.5. The van der Waals surface area contributed by atoms with Crippen molar-refractivity contribution < 1.29 is 21.6 Å². The van der Waals surface area contributed by atoms with Gasteiger partial charge in [0.1, 0.15) is 10.7 Å². The van der Waals surface area contributed by atoms with Crippen LogP contribution in [0.2, 0.25) is 0 Å². The summed E-state index contributed by atoms with van der Waals surface area (Å²) in [5.41, 5.74) is 0.463. The Hall–Kier alpha value is -2.34. The highest BCUT2D eigenvalue weighted by atomic mass is 32.2. The number of carbonyl (C=O) groups excluding carboxylic acids is 1. The van der Waals surface area contributed by atoms with E-state index in [4.69, 9.17) is 0 Å². The predicted octanol–water partition coefficient (Wildman–Crippen LogP) is 2.26. The first-order chi connectivity index (χ1) is 15.5. The van der Waals surface area contributed by atoms with Gasteiger partial charge in [0.15, 0.2) is 5.78 Å². The van der Waals surface area contributed by atoms with Gasteiger partial charge in [0.2, 0.25) is 20.0 Å². The molecule has 9 nitrogen and oxygen atoms in total. The average Bonchev–Trinajstić information content (AvgIpc) is 2.79. The average molecular weight is 495 g/mol. The number of carbonyl (C=O) groups is 1. The molecule has 0 saturated carbocycles. The summed E-state index contributed by atoms with van der Waals surface area (Å²) in [5.74, 6) is 0.476. The number of benzene rings is 1. The smallest absolute Gasteiger partial charge is 0.243 e. The number of nitrogens with zero attached hydrogens (tertiary/aromatic N) is 3. The molecule has 180 valence electrons. The van der Waals surface area contributed by atoms with Crippen molar-refractivity contribution >= 4 is 31.6 Å². The Morgan fingerprint density at radius 3 is 2.12 bits per heavy atom. The van der Waals surface area contributed by atoms with Crippen molar-refractivity contribution in [3.8, 4) is 0 Å². The molecule has 2 heterocycles. The van der Waals surface area contributed by atoms with E-state index in [1.807, 2.05) is 18.7 Å². The summed E-state index contributed by atoms with van der Waals surface area (Å²) in [5, 5.41) is 0. The standard InChI is InChI=1S/C22H30N4O5S2/c1-4-5-17(2)24-32(28,29)21-10-11-22(23-16-21)25-12-14-26(15-13-25)33(30,31)20-8-6-19(7-9-20)18(3)27/h6-11,16-17,24H,4-5,12-15H2,1-3H3. The van der Waals surface area contributed by atoms with Crippen LogP contribution in [0.25, 0.3) is 0 Å². The lowest BCUT2D eigenvalue weighted by atomic mass is 10.2. The summed E-state index contributed by atoms with van der Waals surface area (Å²) in [6.07, 6.45) is 2.96. The number of pyridine rings is 1. The summed E-state index contributed by atoms with van der Waals surface area (Å²) in [6.45, 7) is 6.65. The number of hydrogen-bond acceptors (Lipinski definition) is 7. The van der Waals surface area contributed by atoms with Gasteiger partial charge in [0.25, 0.3) is 0 Å². The molecular formula is C22H30N4O5S2. The molecule has 1 saturated heterocycles. The van der Waals surface area contributed by atoms with Crippen LogP contribution in [0.5, 0.6) is 0 Å². The van der Waals surface area contributed by atoms with Crippen molar-refractivity contribution in [2.75, 3.05) is 31.1 Å². The van der Waals surface area contributed by atoms with Gasteiger partial charge in [-0.15, -0.1) is 0 Å². The molecule has 33 heavy (non-hydrogen) atoms. The Bertz CT molecular complexity index is 1170. The second-order valence-electron chi connectivity index (χ2n) is 8.13. The minimum atomic E-state index is -3.67. The maximum atomic E-state index is 12.9. The van der Waals surface area contributed by atoms with Crippen LogP contribution in [0.15, 0.2) is 52.4 Å². The van der Waals surface area contributed by atoms with Gasteiger partial charge in [-0.25, -0.2) is 26.5 Å². The SMILES string of the molecule is CCCC(C)NS(=O)(=O)c1ccc(N2CCN(S(=O)(=O)c3ccc(C(C)=O)cc3)CC2)nc1. The predicted molar refractivity (Wildman–Crippen MR) is 126 cm³/mol. The fourth-order valence-corrected chi connectivity index (χ4v) is 6.36. The molecule has 1 fully saturated rings. The second kappa shape index (κ2) is 10.3. The lowest BCUT2D eigenvalue weighted by Gasteiger charge is -2.34. The van der Waals surface area contributed by atoms with Crippen LogP contribution in [0.3, 0.4) is 0 Å².